The minimum atomic E-state index is 0.974. The second kappa shape index (κ2) is 6.65. The average molecular weight is 232 g/mol. The van der Waals surface area contributed by atoms with Gasteiger partial charge in [0.05, 0.1) is 0 Å². The molecule has 0 heterocycles. The lowest BCUT2D eigenvalue weighted by atomic mass is 9.85. The Kier molecular flexibility index (Phi) is 4.87. The van der Waals surface area contributed by atoms with Crippen molar-refractivity contribution in [2.45, 2.75) is 25.7 Å². The highest BCUT2D eigenvalue weighted by molar-refractivity contribution is 5.44. The fraction of sp³-hybridized carbons (Fsp3) is 0.600. The van der Waals surface area contributed by atoms with Crippen molar-refractivity contribution in [2.75, 3.05) is 31.6 Å². The van der Waals surface area contributed by atoms with Gasteiger partial charge in [-0.1, -0.05) is 24.6 Å². The van der Waals surface area contributed by atoms with Crippen LogP contribution in [0.5, 0.6) is 0 Å². The summed E-state index contributed by atoms with van der Waals surface area (Å²) in [5.74, 6) is 0.974. The molecule has 1 aromatic rings. The number of nitrogens with zero attached hydrogens (tertiary/aromatic N) is 1. The van der Waals surface area contributed by atoms with Crippen LogP contribution in [0.4, 0.5) is 5.69 Å². The summed E-state index contributed by atoms with van der Waals surface area (Å²) in [6.07, 6.45) is 5.55. The summed E-state index contributed by atoms with van der Waals surface area (Å²) in [6.45, 7) is 3.50. The second-order valence-electron chi connectivity index (χ2n) is 5.11. The molecule has 1 aromatic carbocycles. The number of benzene rings is 1. The molecule has 1 fully saturated rings. The minimum absolute atomic E-state index is 0.974. The standard InChI is InChI=1S/C15H24N2/c1-17(15-9-3-2-4-10-15)12-6-11-16-13-14-7-5-8-14/h2-4,9-10,14,16H,5-8,11-13H2,1H3. The molecule has 0 spiro atoms. The van der Waals surface area contributed by atoms with Crippen molar-refractivity contribution >= 4 is 5.69 Å². The quantitative estimate of drug-likeness (QED) is 0.727. The SMILES string of the molecule is CN(CCCNCC1CCC1)c1ccccc1. The van der Waals surface area contributed by atoms with E-state index in [2.05, 4.69) is 47.6 Å². The maximum atomic E-state index is 3.57. The first-order valence-electron chi connectivity index (χ1n) is 6.83. The van der Waals surface area contributed by atoms with Crippen LogP contribution in [0.2, 0.25) is 0 Å². The minimum Gasteiger partial charge on any atom is -0.375 e. The maximum Gasteiger partial charge on any atom is 0.0363 e. The maximum absolute atomic E-state index is 3.57. The van der Waals surface area contributed by atoms with Crippen LogP contribution >= 0.6 is 0 Å². The van der Waals surface area contributed by atoms with Gasteiger partial charge in [-0.25, -0.2) is 0 Å². The van der Waals surface area contributed by atoms with Gasteiger partial charge in [0.15, 0.2) is 0 Å². The molecule has 1 aliphatic carbocycles. The molecule has 0 amide bonds. The first-order chi connectivity index (χ1) is 8.36. The van der Waals surface area contributed by atoms with E-state index in [1.807, 2.05) is 0 Å². The van der Waals surface area contributed by atoms with Crippen LogP contribution in [-0.2, 0) is 0 Å². The van der Waals surface area contributed by atoms with E-state index in [0.29, 0.717) is 0 Å². The van der Waals surface area contributed by atoms with Gasteiger partial charge in [0.1, 0.15) is 0 Å². The number of rotatable bonds is 7. The van der Waals surface area contributed by atoms with E-state index in [4.69, 9.17) is 0 Å². The molecule has 0 aromatic heterocycles. The van der Waals surface area contributed by atoms with Gasteiger partial charge in [-0.15, -0.1) is 0 Å². The summed E-state index contributed by atoms with van der Waals surface area (Å²) in [7, 11) is 2.17. The van der Waals surface area contributed by atoms with Crippen LogP contribution in [0.25, 0.3) is 0 Å². The van der Waals surface area contributed by atoms with Gasteiger partial charge >= 0.3 is 0 Å². The third-order valence-electron chi connectivity index (χ3n) is 3.70. The molecule has 94 valence electrons. The number of nitrogens with one attached hydrogen (secondary N) is 1. The molecule has 2 rings (SSSR count). The van der Waals surface area contributed by atoms with Gasteiger partial charge in [0, 0.05) is 19.3 Å². The molecule has 1 N–H and O–H groups in total. The number of para-hydroxylation sites is 1. The summed E-state index contributed by atoms with van der Waals surface area (Å²) < 4.78 is 0. The van der Waals surface area contributed by atoms with E-state index in [0.717, 1.165) is 19.0 Å². The molecule has 1 saturated carbocycles. The van der Waals surface area contributed by atoms with Crippen molar-refractivity contribution in [1.82, 2.24) is 5.32 Å². The first kappa shape index (κ1) is 12.4. The van der Waals surface area contributed by atoms with E-state index < -0.39 is 0 Å². The zero-order valence-corrected chi connectivity index (χ0v) is 10.9. The zero-order valence-electron chi connectivity index (χ0n) is 10.9. The molecule has 0 saturated heterocycles. The Bertz CT molecular complexity index is 306. The first-order valence-corrected chi connectivity index (χ1v) is 6.83. The average Bonchev–Trinajstić information content (AvgIpc) is 2.32. The Morgan fingerprint density at radius 2 is 2.00 bits per heavy atom. The van der Waals surface area contributed by atoms with Gasteiger partial charge in [-0.2, -0.15) is 0 Å². The van der Waals surface area contributed by atoms with Gasteiger partial charge in [0.2, 0.25) is 0 Å². The van der Waals surface area contributed by atoms with Crippen LogP contribution in [0.3, 0.4) is 0 Å². The molecule has 0 unspecified atom stereocenters. The lowest BCUT2D eigenvalue weighted by molar-refractivity contribution is 0.302. The lowest BCUT2D eigenvalue weighted by Gasteiger charge is -2.25. The molecule has 0 aliphatic heterocycles. The molecule has 17 heavy (non-hydrogen) atoms. The van der Waals surface area contributed by atoms with Gasteiger partial charge in [-0.05, 0) is 50.4 Å². The van der Waals surface area contributed by atoms with Crippen molar-refractivity contribution in [3.63, 3.8) is 0 Å². The zero-order chi connectivity index (χ0) is 11.9. The van der Waals surface area contributed by atoms with Crippen LogP contribution in [0.15, 0.2) is 30.3 Å². The smallest absolute Gasteiger partial charge is 0.0363 e. The summed E-state index contributed by atoms with van der Waals surface area (Å²) in [6, 6.07) is 10.6. The van der Waals surface area contributed by atoms with E-state index >= 15 is 0 Å². The third kappa shape index (κ3) is 4.04. The molecule has 0 atom stereocenters. The Morgan fingerprint density at radius 1 is 1.24 bits per heavy atom. The summed E-state index contributed by atoms with van der Waals surface area (Å²) in [5, 5.41) is 3.57. The van der Waals surface area contributed by atoms with Crippen molar-refractivity contribution in [3.8, 4) is 0 Å². The van der Waals surface area contributed by atoms with E-state index in [1.54, 1.807) is 0 Å². The van der Waals surface area contributed by atoms with E-state index in [1.165, 1.54) is 37.9 Å². The highest BCUT2D eigenvalue weighted by atomic mass is 15.1. The van der Waals surface area contributed by atoms with Crippen LogP contribution in [0.1, 0.15) is 25.7 Å². The topological polar surface area (TPSA) is 15.3 Å². The summed E-state index contributed by atoms with van der Waals surface area (Å²) in [4.78, 5) is 2.32. The molecule has 0 radical (unpaired) electrons. The second-order valence-corrected chi connectivity index (χ2v) is 5.11. The van der Waals surface area contributed by atoms with Crippen molar-refractivity contribution in [1.29, 1.82) is 0 Å². The van der Waals surface area contributed by atoms with Crippen LogP contribution in [0, 0.1) is 5.92 Å². The number of hydrogen-bond acceptors (Lipinski definition) is 2. The largest absolute Gasteiger partial charge is 0.375 e. The van der Waals surface area contributed by atoms with E-state index in [-0.39, 0.29) is 0 Å². The van der Waals surface area contributed by atoms with Crippen LogP contribution < -0.4 is 10.2 Å². The monoisotopic (exact) mass is 232 g/mol. The predicted molar refractivity (Wildman–Crippen MR) is 74.5 cm³/mol. The lowest BCUT2D eigenvalue weighted by Crippen LogP contribution is -2.30. The van der Waals surface area contributed by atoms with Crippen LogP contribution in [-0.4, -0.2) is 26.7 Å². The van der Waals surface area contributed by atoms with Gasteiger partial charge in [0.25, 0.3) is 0 Å². The Hall–Kier alpha value is -1.02. The summed E-state index contributed by atoms with van der Waals surface area (Å²) >= 11 is 0. The van der Waals surface area contributed by atoms with Gasteiger partial charge in [-0.3, -0.25) is 0 Å². The molecular weight excluding hydrogens is 208 g/mol. The van der Waals surface area contributed by atoms with Crippen molar-refractivity contribution in [2.24, 2.45) is 5.92 Å². The van der Waals surface area contributed by atoms with E-state index in [9.17, 15) is 0 Å². The molecule has 0 bridgehead atoms. The third-order valence-corrected chi connectivity index (χ3v) is 3.70. The fourth-order valence-electron chi connectivity index (χ4n) is 2.26. The number of anilines is 1. The molecular formula is C15H24N2. The molecule has 2 nitrogen and oxygen atoms in total. The number of hydrogen-bond donors (Lipinski definition) is 1. The fourth-order valence-corrected chi connectivity index (χ4v) is 2.26. The van der Waals surface area contributed by atoms with Crippen molar-refractivity contribution < 1.29 is 0 Å². The molecule has 1 aliphatic rings. The Labute approximate surface area is 105 Å². The summed E-state index contributed by atoms with van der Waals surface area (Å²) in [5.41, 5.74) is 1.31. The predicted octanol–water partition coefficient (Wildman–Crippen LogP) is 2.90. The highest BCUT2D eigenvalue weighted by Crippen LogP contribution is 2.25. The Balaban J connectivity index is 1.55. The van der Waals surface area contributed by atoms with Gasteiger partial charge < -0.3 is 10.2 Å². The molecule has 2 heteroatoms. The highest BCUT2D eigenvalue weighted by Gasteiger charge is 2.15. The Morgan fingerprint density at radius 3 is 2.65 bits per heavy atom. The normalized spacial score (nSPS) is 15.6. The van der Waals surface area contributed by atoms with Crippen molar-refractivity contribution in [3.05, 3.63) is 30.3 Å².